The molecule has 0 saturated heterocycles. The van der Waals surface area contributed by atoms with Crippen molar-refractivity contribution in [2.45, 2.75) is 38.1 Å². The molecule has 3 nitrogen and oxygen atoms in total. The quantitative estimate of drug-likeness (QED) is 0.904. The number of aryl methyl sites for hydroxylation is 1. The van der Waals surface area contributed by atoms with Crippen LogP contribution in [0.3, 0.4) is 0 Å². The van der Waals surface area contributed by atoms with Gasteiger partial charge in [0.15, 0.2) is 0 Å². The molecule has 1 saturated carbocycles. The van der Waals surface area contributed by atoms with E-state index in [0.717, 1.165) is 32.1 Å². The minimum Gasteiger partial charge on any atom is -0.338 e. The van der Waals surface area contributed by atoms with E-state index in [4.69, 9.17) is 5.73 Å². The zero-order valence-corrected chi connectivity index (χ0v) is 11.6. The summed E-state index contributed by atoms with van der Waals surface area (Å²) in [6.07, 6.45) is 5.18. The van der Waals surface area contributed by atoms with E-state index < -0.39 is 0 Å². The summed E-state index contributed by atoms with van der Waals surface area (Å²) in [4.78, 5) is 14.7. The van der Waals surface area contributed by atoms with E-state index in [-0.39, 0.29) is 17.4 Å². The molecule has 0 spiro atoms. The summed E-state index contributed by atoms with van der Waals surface area (Å²) in [5.41, 5.74) is 8.31. The summed E-state index contributed by atoms with van der Waals surface area (Å²) >= 11 is 0. The Morgan fingerprint density at radius 3 is 2.79 bits per heavy atom. The van der Waals surface area contributed by atoms with Gasteiger partial charge in [-0.2, -0.15) is 0 Å². The third-order valence-electron chi connectivity index (χ3n) is 5.04. The van der Waals surface area contributed by atoms with Crippen LogP contribution in [0.2, 0.25) is 0 Å². The monoisotopic (exact) mass is 258 g/mol. The van der Waals surface area contributed by atoms with Crippen LogP contribution in [0, 0.1) is 5.41 Å². The van der Waals surface area contributed by atoms with E-state index in [1.807, 2.05) is 11.9 Å². The molecule has 1 aromatic rings. The van der Waals surface area contributed by atoms with Gasteiger partial charge in [-0.3, -0.25) is 4.79 Å². The van der Waals surface area contributed by atoms with Gasteiger partial charge in [-0.05, 0) is 36.8 Å². The lowest BCUT2D eigenvalue weighted by atomic mass is 9.67. The van der Waals surface area contributed by atoms with Crippen molar-refractivity contribution in [3.05, 3.63) is 35.4 Å². The molecule has 1 amide bonds. The molecule has 0 radical (unpaired) electrons. The Kier molecular flexibility index (Phi) is 3.09. The predicted octanol–water partition coefficient (Wildman–Crippen LogP) is 2.26. The second kappa shape index (κ2) is 4.64. The number of fused-ring (bicyclic) bond motifs is 1. The van der Waals surface area contributed by atoms with Gasteiger partial charge in [0.05, 0.1) is 11.5 Å². The van der Waals surface area contributed by atoms with Crippen LogP contribution in [0.25, 0.3) is 0 Å². The number of amides is 1. The van der Waals surface area contributed by atoms with Crippen molar-refractivity contribution in [2.24, 2.45) is 11.1 Å². The molecule has 0 aromatic heterocycles. The van der Waals surface area contributed by atoms with E-state index in [1.54, 1.807) is 0 Å². The molecule has 2 aliphatic carbocycles. The maximum atomic E-state index is 12.7. The maximum Gasteiger partial charge on any atom is 0.230 e. The highest BCUT2D eigenvalue weighted by atomic mass is 16.2. The van der Waals surface area contributed by atoms with Crippen LogP contribution < -0.4 is 5.73 Å². The fourth-order valence-corrected chi connectivity index (χ4v) is 3.56. The summed E-state index contributed by atoms with van der Waals surface area (Å²) < 4.78 is 0. The molecular formula is C16H22N2O. The van der Waals surface area contributed by atoms with E-state index >= 15 is 0 Å². The van der Waals surface area contributed by atoms with Crippen LogP contribution in [-0.4, -0.2) is 24.4 Å². The lowest BCUT2D eigenvalue weighted by molar-refractivity contribution is -0.147. The van der Waals surface area contributed by atoms with Gasteiger partial charge in [-0.1, -0.05) is 30.7 Å². The number of carbonyl (C=O) groups is 1. The average molecular weight is 258 g/mol. The molecule has 19 heavy (non-hydrogen) atoms. The second-order valence-corrected chi connectivity index (χ2v) is 6.01. The molecule has 1 fully saturated rings. The Balaban J connectivity index is 1.82. The van der Waals surface area contributed by atoms with Gasteiger partial charge in [0, 0.05) is 13.6 Å². The van der Waals surface area contributed by atoms with Crippen molar-refractivity contribution < 1.29 is 4.79 Å². The average Bonchev–Trinajstić information content (AvgIpc) is 2.81. The van der Waals surface area contributed by atoms with Gasteiger partial charge in [-0.25, -0.2) is 0 Å². The highest BCUT2D eigenvalue weighted by molar-refractivity contribution is 5.84. The summed E-state index contributed by atoms with van der Waals surface area (Å²) in [6, 6.07) is 8.73. The van der Waals surface area contributed by atoms with Crippen LogP contribution in [-0.2, 0) is 11.2 Å². The minimum atomic E-state index is -0.258. The van der Waals surface area contributed by atoms with Crippen LogP contribution in [0.4, 0.5) is 0 Å². The lowest BCUT2D eigenvalue weighted by Crippen LogP contribution is -2.51. The van der Waals surface area contributed by atoms with Crippen molar-refractivity contribution in [1.29, 1.82) is 0 Å². The van der Waals surface area contributed by atoms with Gasteiger partial charge in [-0.15, -0.1) is 0 Å². The van der Waals surface area contributed by atoms with Crippen molar-refractivity contribution in [1.82, 2.24) is 4.90 Å². The summed E-state index contributed by atoms with van der Waals surface area (Å²) in [6.45, 7) is 0.491. The number of nitrogens with two attached hydrogens (primary N) is 1. The van der Waals surface area contributed by atoms with Crippen molar-refractivity contribution in [3.63, 3.8) is 0 Å². The number of nitrogens with zero attached hydrogens (tertiary/aromatic N) is 1. The number of hydrogen-bond acceptors (Lipinski definition) is 2. The third-order valence-corrected chi connectivity index (χ3v) is 5.04. The molecule has 1 unspecified atom stereocenters. The van der Waals surface area contributed by atoms with Crippen molar-refractivity contribution in [2.75, 3.05) is 13.6 Å². The molecular weight excluding hydrogens is 236 g/mol. The standard InChI is InChI=1S/C16H22N2O/c1-18(15(19)16(11-17)9-4-10-16)14-8-7-12-5-2-3-6-13(12)14/h2-3,5-6,14H,4,7-11,17H2,1H3. The molecule has 3 rings (SSSR count). The molecule has 2 aliphatic rings. The Morgan fingerprint density at radius 1 is 1.42 bits per heavy atom. The van der Waals surface area contributed by atoms with E-state index in [1.165, 1.54) is 11.1 Å². The van der Waals surface area contributed by atoms with Gasteiger partial charge >= 0.3 is 0 Å². The predicted molar refractivity (Wildman–Crippen MR) is 75.6 cm³/mol. The van der Waals surface area contributed by atoms with Crippen LogP contribution >= 0.6 is 0 Å². The highest BCUT2D eigenvalue weighted by Gasteiger charge is 2.46. The largest absolute Gasteiger partial charge is 0.338 e. The maximum absolute atomic E-state index is 12.7. The first-order valence-electron chi connectivity index (χ1n) is 7.23. The molecule has 0 aliphatic heterocycles. The van der Waals surface area contributed by atoms with Crippen LogP contribution in [0.1, 0.15) is 42.9 Å². The fourth-order valence-electron chi connectivity index (χ4n) is 3.56. The van der Waals surface area contributed by atoms with Gasteiger partial charge in [0.2, 0.25) is 5.91 Å². The molecule has 3 heteroatoms. The van der Waals surface area contributed by atoms with Gasteiger partial charge in [0.1, 0.15) is 0 Å². The first-order chi connectivity index (χ1) is 9.18. The first kappa shape index (κ1) is 12.7. The Hall–Kier alpha value is -1.35. The van der Waals surface area contributed by atoms with E-state index in [0.29, 0.717) is 6.54 Å². The molecule has 0 heterocycles. The summed E-state index contributed by atoms with van der Waals surface area (Å²) in [5, 5.41) is 0. The first-order valence-corrected chi connectivity index (χ1v) is 7.23. The van der Waals surface area contributed by atoms with E-state index in [9.17, 15) is 4.79 Å². The second-order valence-electron chi connectivity index (χ2n) is 6.01. The zero-order valence-electron chi connectivity index (χ0n) is 11.6. The molecule has 1 aromatic carbocycles. The van der Waals surface area contributed by atoms with Crippen molar-refractivity contribution >= 4 is 5.91 Å². The number of hydrogen-bond donors (Lipinski definition) is 1. The third kappa shape index (κ3) is 1.88. The number of benzene rings is 1. The van der Waals surface area contributed by atoms with Crippen LogP contribution in [0.15, 0.2) is 24.3 Å². The smallest absolute Gasteiger partial charge is 0.230 e. The van der Waals surface area contributed by atoms with Crippen molar-refractivity contribution in [3.8, 4) is 0 Å². The Labute approximate surface area is 114 Å². The molecule has 102 valence electrons. The highest BCUT2D eigenvalue weighted by Crippen LogP contribution is 2.44. The van der Waals surface area contributed by atoms with Gasteiger partial charge < -0.3 is 10.6 Å². The molecule has 0 bridgehead atoms. The molecule has 2 N–H and O–H groups in total. The topological polar surface area (TPSA) is 46.3 Å². The normalized spacial score (nSPS) is 23.6. The summed E-state index contributed by atoms with van der Waals surface area (Å²) in [5.74, 6) is 0.253. The number of carbonyl (C=O) groups excluding carboxylic acids is 1. The lowest BCUT2D eigenvalue weighted by Gasteiger charge is -2.43. The fraction of sp³-hybridized carbons (Fsp3) is 0.562. The number of rotatable bonds is 3. The van der Waals surface area contributed by atoms with Gasteiger partial charge in [0.25, 0.3) is 0 Å². The zero-order chi connectivity index (χ0) is 13.5. The Morgan fingerprint density at radius 2 is 2.16 bits per heavy atom. The minimum absolute atomic E-state index is 0.243. The SMILES string of the molecule is CN(C(=O)C1(CN)CCC1)C1CCc2ccccc21. The van der Waals surface area contributed by atoms with Crippen LogP contribution in [0.5, 0.6) is 0 Å². The Bertz CT molecular complexity index is 488. The van der Waals surface area contributed by atoms with E-state index in [2.05, 4.69) is 24.3 Å². The summed E-state index contributed by atoms with van der Waals surface area (Å²) in [7, 11) is 1.95. The molecule has 1 atom stereocenters.